The van der Waals surface area contributed by atoms with Crippen molar-refractivity contribution in [3.63, 3.8) is 0 Å². The molecule has 1 aliphatic carbocycles. The third-order valence-electron chi connectivity index (χ3n) is 6.78. The normalized spacial score (nSPS) is 21.2. The first-order valence-corrected chi connectivity index (χ1v) is 12.7. The maximum Gasteiger partial charge on any atom is 0.336 e. The van der Waals surface area contributed by atoms with Crippen molar-refractivity contribution >= 4 is 29.3 Å². The second kappa shape index (κ2) is 11.2. The van der Waals surface area contributed by atoms with Gasteiger partial charge in [-0.2, -0.15) is 0 Å². The maximum atomic E-state index is 14.3. The van der Waals surface area contributed by atoms with E-state index in [1.165, 1.54) is 0 Å². The van der Waals surface area contributed by atoms with Crippen LogP contribution in [0.25, 0.3) is 0 Å². The van der Waals surface area contributed by atoms with Crippen molar-refractivity contribution in [2.75, 3.05) is 20.3 Å². The summed E-state index contributed by atoms with van der Waals surface area (Å²) in [6.45, 7) is 5.53. The van der Waals surface area contributed by atoms with Gasteiger partial charge in [0.05, 0.1) is 25.9 Å². The lowest BCUT2D eigenvalue weighted by Gasteiger charge is -2.39. The second-order valence-corrected chi connectivity index (χ2v) is 9.35. The fourth-order valence-corrected chi connectivity index (χ4v) is 5.50. The van der Waals surface area contributed by atoms with E-state index < -0.39 is 35.5 Å². The summed E-state index contributed by atoms with van der Waals surface area (Å²) in [7, 11) is 1.56. The molecule has 0 spiro atoms. The van der Waals surface area contributed by atoms with Gasteiger partial charge in [-0.15, -0.1) is 0 Å². The summed E-state index contributed by atoms with van der Waals surface area (Å²) in [4.78, 5) is 40.8. The first-order chi connectivity index (χ1) is 17.8. The lowest BCUT2D eigenvalue weighted by atomic mass is 9.67. The van der Waals surface area contributed by atoms with Crippen molar-refractivity contribution in [1.82, 2.24) is 5.32 Å². The molecule has 0 saturated heterocycles. The highest BCUT2D eigenvalue weighted by Gasteiger charge is 2.49. The lowest BCUT2D eigenvalue weighted by Crippen LogP contribution is -2.43. The molecule has 0 saturated carbocycles. The number of Topliss-reactive ketones (excluding diaryl/α,β-unsaturated/α-hetero) is 1. The molecule has 8 heteroatoms. The summed E-state index contributed by atoms with van der Waals surface area (Å²) >= 11 is 6.32. The smallest absolute Gasteiger partial charge is 0.336 e. The number of methoxy groups -OCH3 is 1. The van der Waals surface area contributed by atoms with Gasteiger partial charge in [0.25, 0.3) is 0 Å². The molecule has 0 amide bonds. The van der Waals surface area contributed by atoms with Crippen molar-refractivity contribution in [1.29, 1.82) is 0 Å². The predicted molar refractivity (Wildman–Crippen MR) is 139 cm³/mol. The van der Waals surface area contributed by atoms with Crippen LogP contribution in [0.5, 0.6) is 5.75 Å². The summed E-state index contributed by atoms with van der Waals surface area (Å²) < 4.78 is 16.3. The van der Waals surface area contributed by atoms with Gasteiger partial charge in [-0.1, -0.05) is 41.9 Å². The molecule has 37 heavy (non-hydrogen) atoms. The largest absolute Gasteiger partial charge is 0.496 e. The molecule has 0 aromatic heterocycles. The molecule has 2 aromatic rings. The van der Waals surface area contributed by atoms with Gasteiger partial charge >= 0.3 is 11.9 Å². The van der Waals surface area contributed by atoms with Crippen LogP contribution in [0.3, 0.4) is 0 Å². The summed E-state index contributed by atoms with van der Waals surface area (Å²) in [5.74, 6) is -3.34. The summed E-state index contributed by atoms with van der Waals surface area (Å²) in [6.07, 6.45) is 0.343. The maximum absolute atomic E-state index is 14.3. The van der Waals surface area contributed by atoms with Gasteiger partial charge in [-0.25, -0.2) is 4.79 Å². The quantitative estimate of drug-likeness (QED) is 0.400. The van der Waals surface area contributed by atoms with Crippen LogP contribution in [0.1, 0.15) is 50.2 Å². The Bertz CT molecular complexity index is 1300. The molecule has 1 heterocycles. The average Bonchev–Trinajstić information content (AvgIpc) is 2.87. The van der Waals surface area contributed by atoms with Gasteiger partial charge in [0, 0.05) is 33.8 Å². The van der Waals surface area contributed by atoms with Crippen molar-refractivity contribution in [2.24, 2.45) is 5.92 Å². The van der Waals surface area contributed by atoms with E-state index in [9.17, 15) is 14.4 Å². The highest BCUT2D eigenvalue weighted by molar-refractivity contribution is 6.30. The third kappa shape index (κ3) is 5.01. The summed E-state index contributed by atoms with van der Waals surface area (Å²) in [5.41, 5.74) is 3.30. The molecule has 1 N–H and O–H groups in total. The van der Waals surface area contributed by atoms with Gasteiger partial charge in [0.15, 0.2) is 5.78 Å². The minimum atomic E-state index is -1.11. The third-order valence-corrected chi connectivity index (χ3v) is 7.01. The van der Waals surface area contributed by atoms with Crippen LogP contribution >= 0.6 is 11.6 Å². The van der Waals surface area contributed by atoms with Gasteiger partial charge < -0.3 is 19.5 Å². The highest BCUT2D eigenvalue weighted by Crippen LogP contribution is 2.49. The standard InChI is InChI=1S/C29H30ClNO6/c1-5-36-28(33)23-16(3)31-21-15-20(19-12-7-8-13-22(19)35-4)25(29(34)37-6-2)27(32)26(21)24(23)17-10-9-11-18(30)14-17/h7-14,20,24-25,31H,5-6,15H2,1-4H3/t20-,24+,25+/m0/s1. The number of ether oxygens (including phenoxy) is 3. The van der Waals surface area contributed by atoms with Crippen LogP contribution in [0.4, 0.5) is 0 Å². The molecule has 0 unspecified atom stereocenters. The predicted octanol–water partition coefficient (Wildman–Crippen LogP) is 5.06. The van der Waals surface area contributed by atoms with Crippen LogP contribution < -0.4 is 10.1 Å². The Balaban J connectivity index is 1.92. The molecule has 2 aliphatic rings. The number of esters is 2. The van der Waals surface area contributed by atoms with Gasteiger partial charge in [0.1, 0.15) is 11.7 Å². The van der Waals surface area contributed by atoms with Crippen LogP contribution in [0, 0.1) is 5.92 Å². The van der Waals surface area contributed by atoms with Gasteiger partial charge in [0.2, 0.25) is 0 Å². The molecule has 2 aromatic carbocycles. The van der Waals surface area contributed by atoms with Crippen molar-refractivity contribution in [3.05, 3.63) is 87.2 Å². The van der Waals surface area contributed by atoms with Crippen LogP contribution in [0.2, 0.25) is 5.02 Å². The SMILES string of the molecule is CCOC(=O)C1=C(C)NC2=C(C(=O)[C@H](C(=O)OCC)[C@H](c3ccccc3OC)C2)[C@@H]1c1cccc(Cl)c1. The van der Waals surface area contributed by atoms with E-state index >= 15 is 0 Å². The summed E-state index contributed by atoms with van der Waals surface area (Å²) in [6, 6.07) is 14.4. The number of halogens is 1. The number of hydrogen-bond donors (Lipinski definition) is 1. The Morgan fingerprint density at radius 1 is 1.05 bits per heavy atom. The lowest BCUT2D eigenvalue weighted by molar-refractivity contribution is -0.152. The van der Waals surface area contributed by atoms with E-state index in [1.54, 1.807) is 52.1 Å². The van der Waals surface area contributed by atoms with E-state index in [4.69, 9.17) is 25.8 Å². The zero-order valence-electron chi connectivity index (χ0n) is 21.3. The van der Waals surface area contributed by atoms with Crippen LogP contribution in [-0.4, -0.2) is 38.0 Å². The number of nitrogens with one attached hydrogen (secondary N) is 1. The highest BCUT2D eigenvalue weighted by atomic mass is 35.5. The van der Waals surface area contributed by atoms with Crippen molar-refractivity contribution in [3.8, 4) is 5.75 Å². The fraction of sp³-hybridized carbons (Fsp3) is 0.345. The molecule has 0 bridgehead atoms. The minimum Gasteiger partial charge on any atom is -0.496 e. The van der Waals surface area contributed by atoms with Crippen LogP contribution in [-0.2, 0) is 23.9 Å². The zero-order chi connectivity index (χ0) is 26.7. The van der Waals surface area contributed by atoms with E-state index in [2.05, 4.69) is 5.32 Å². The van der Waals surface area contributed by atoms with E-state index in [0.717, 1.165) is 5.56 Å². The first-order valence-electron chi connectivity index (χ1n) is 12.3. The second-order valence-electron chi connectivity index (χ2n) is 8.91. The van der Waals surface area contributed by atoms with E-state index in [1.807, 2.05) is 24.3 Å². The number of hydrogen-bond acceptors (Lipinski definition) is 7. The fourth-order valence-electron chi connectivity index (χ4n) is 5.30. The Morgan fingerprint density at radius 2 is 1.78 bits per heavy atom. The van der Waals surface area contributed by atoms with E-state index in [0.29, 0.717) is 45.3 Å². The van der Waals surface area contributed by atoms with E-state index in [-0.39, 0.29) is 13.2 Å². The molecular formula is C29H30ClNO6. The van der Waals surface area contributed by atoms with Crippen molar-refractivity contribution < 1.29 is 28.6 Å². The number of carbonyl (C=O) groups is 3. The number of dihydropyridines is 1. The number of ketones is 1. The first kappa shape index (κ1) is 26.5. The molecule has 4 rings (SSSR count). The summed E-state index contributed by atoms with van der Waals surface area (Å²) in [5, 5.41) is 3.76. The monoisotopic (exact) mass is 523 g/mol. The molecule has 0 fully saturated rings. The Hall–Kier alpha value is -3.58. The number of para-hydroxylation sites is 1. The average molecular weight is 524 g/mol. The van der Waals surface area contributed by atoms with Crippen molar-refractivity contribution in [2.45, 2.75) is 39.0 Å². The molecule has 194 valence electrons. The Kier molecular flexibility index (Phi) is 8.03. The Morgan fingerprint density at radius 3 is 2.46 bits per heavy atom. The zero-order valence-corrected chi connectivity index (χ0v) is 22.1. The number of benzene rings is 2. The van der Waals surface area contributed by atoms with Crippen LogP contribution in [0.15, 0.2) is 71.1 Å². The molecular weight excluding hydrogens is 494 g/mol. The molecule has 0 radical (unpaired) electrons. The topological polar surface area (TPSA) is 90.9 Å². The van der Waals surface area contributed by atoms with Gasteiger partial charge in [-0.05, 0) is 56.5 Å². The molecule has 3 atom stereocenters. The molecule has 7 nitrogen and oxygen atoms in total. The number of carbonyl (C=O) groups excluding carboxylic acids is 3. The Labute approximate surface area is 221 Å². The minimum absolute atomic E-state index is 0.135. The number of rotatable bonds is 7. The molecule has 1 aliphatic heterocycles. The number of allylic oxidation sites excluding steroid dienone is 3. The van der Waals surface area contributed by atoms with Gasteiger partial charge in [-0.3, -0.25) is 9.59 Å².